The minimum Gasteiger partial charge on any atom is -0.481 e. The average molecular weight is 636 g/mol. The Bertz CT molecular complexity index is 1570. The summed E-state index contributed by atoms with van der Waals surface area (Å²) in [7, 11) is -3.63. The van der Waals surface area contributed by atoms with Gasteiger partial charge in [-0.15, -0.1) is 0 Å². The summed E-state index contributed by atoms with van der Waals surface area (Å²) in [4.78, 5) is 25.4. The lowest BCUT2D eigenvalue weighted by Gasteiger charge is -2.72. The van der Waals surface area contributed by atoms with Crippen LogP contribution in [0.2, 0.25) is 0 Å². The lowest BCUT2D eigenvalue weighted by Crippen LogP contribution is -2.65. The molecule has 0 aliphatic heterocycles. The van der Waals surface area contributed by atoms with E-state index in [0.29, 0.717) is 29.2 Å². The molecule has 9 atom stereocenters. The van der Waals surface area contributed by atoms with Crippen LogP contribution in [0.1, 0.15) is 115 Å². The van der Waals surface area contributed by atoms with Crippen molar-refractivity contribution in [1.29, 1.82) is 0 Å². The number of rotatable bonds is 5. The first-order valence-corrected chi connectivity index (χ1v) is 18.9. The molecule has 0 spiro atoms. The van der Waals surface area contributed by atoms with Crippen LogP contribution in [-0.4, -0.2) is 31.7 Å². The Kier molecular flexibility index (Phi) is 7.44. The van der Waals surface area contributed by atoms with Crippen LogP contribution in [-0.2, 0) is 14.8 Å². The Morgan fingerprint density at radius 1 is 0.889 bits per heavy atom. The number of hydrogen-bond acceptors (Lipinski definition) is 4. The zero-order chi connectivity index (χ0) is 33.0. The summed E-state index contributed by atoms with van der Waals surface area (Å²) in [5, 5.41) is 10.6. The van der Waals surface area contributed by atoms with E-state index in [-0.39, 0.29) is 27.6 Å². The third kappa shape index (κ3) is 4.56. The molecule has 2 N–H and O–H groups in total. The number of carboxylic acid groups (broad SMARTS) is 1. The van der Waals surface area contributed by atoms with Crippen molar-refractivity contribution in [3.63, 3.8) is 0 Å². The molecule has 1 aromatic rings. The molecule has 4 fully saturated rings. The maximum atomic E-state index is 13.0. The van der Waals surface area contributed by atoms with Crippen LogP contribution in [0.15, 0.2) is 42.5 Å². The number of benzene rings is 1. The molecular weight excluding hydrogens is 582 g/mol. The maximum Gasteiger partial charge on any atom is 0.309 e. The van der Waals surface area contributed by atoms with E-state index in [1.54, 1.807) is 12.1 Å². The number of hydrogen-bond donors (Lipinski definition) is 2. The van der Waals surface area contributed by atoms with Gasteiger partial charge in [0.15, 0.2) is 0 Å². The summed E-state index contributed by atoms with van der Waals surface area (Å²) in [6.45, 7) is 19.0. The molecule has 4 saturated carbocycles. The van der Waals surface area contributed by atoms with Crippen molar-refractivity contribution in [1.82, 2.24) is 4.72 Å². The van der Waals surface area contributed by atoms with E-state index in [0.717, 1.165) is 69.6 Å². The molecular formula is C38H53NO5S. The summed E-state index contributed by atoms with van der Waals surface area (Å²) in [5.74, 6) is 0.775. The maximum absolute atomic E-state index is 13.0. The van der Waals surface area contributed by atoms with E-state index in [4.69, 9.17) is 0 Å². The second-order valence-electron chi connectivity index (χ2n) is 17.0. The molecule has 1 amide bonds. The lowest BCUT2D eigenvalue weighted by atomic mass is 9.32. The first-order valence-electron chi connectivity index (χ1n) is 17.0. The zero-order valence-electron chi connectivity index (χ0n) is 28.3. The van der Waals surface area contributed by atoms with Crippen LogP contribution in [0, 0.1) is 56.7 Å². The minimum absolute atomic E-state index is 0.0792. The molecule has 0 bridgehead atoms. The first-order chi connectivity index (χ1) is 20.8. The number of allylic oxidation sites excluding steroid dienone is 3. The summed E-state index contributed by atoms with van der Waals surface area (Å²) < 4.78 is 25.2. The molecule has 9 unspecified atom stereocenters. The largest absolute Gasteiger partial charge is 0.481 e. The fourth-order valence-electron chi connectivity index (χ4n) is 12.6. The van der Waals surface area contributed by atoms with Crippen molar-refractivity contribution in [3.05, 3.63) is 53.6 Å². The van der Waals surface area contributed by atoms with Gasteiger partial charge in [-0.25, -0.2) is 13.1 Å². The van der Waals surface area contributed by atoms with Gasteiger partial charge in [0.2, 0.25) is 10.0 Å². The summed E-state index contributed by atoms with van der Waals surface area (Å²) in [6.07, 6.45) is 12.6. The van der Waals surface area contributed by atoms with Crippen LogP contribution in [0.25, 0.3) is 5.57 Å². The normalized spacial score (nSPS) is 41.8. The van der Waals surface area contributed by atoms with Gasteiger partial charge in [0.25, 0.3) is 5.91 Å². The fourth-order valence-corrected chi connectivity index (χ4v) is 13.1. The molecule has 1 aromatic carbocycles. The number of amides is 1. The highest BCUT2D eigenvalue weighted by Gasteiger charge is 2.71. The van der Waals surface area contributed by atoms with Gasteiger partial charge < -0.3 is 5.11 Å². The van der Waals surface area contributed by atoms with Crippen LogP contribution in [0.4, 0.5) is 0 Å². The molecule has 7 heteroatoms. The quantitative estimate of drug-likeness (QED) is 0.319. The Morgan fingerprint density at radius 3 is 2.16 bits per heavy atom. The van der Waals surface area contributed by atoms with Crippen molar-refractivity contribution >= 4 is 27.5 Å². The van der Waals surface area contributed by atoms with Crippen LogP contribution >= 0.6 is 0 Å². The van der Waals surface area contributed by atoms with Crippen LogP contribution in [0.5, 0.6) is 0 Å². The van der Waals surface area contributed by atoms with Crippen molar-refractivity contribution < 1.29 is 23.1 Å². The number of fused-ring (bicyclic) bond motifs is 7. The highest BCUT2D eigenvalue weighted by molar-refractivity contribution is 7.89. The lowest BCUT2D eigenvalue weighted by molar-refractivity contribution is -0.227. The number of nitrogens with one attached hydrogen (secondary N) is 1. The van der Waals surface area contributed by atoms with Gasteiger partial charge in [0.05, 0.1) is 11.7 Å². The van der Waals surface area contributed by atoms with Crippen molar-refractivity contribution in [3.8, 4) is 0 Å². The molecule has 5 aliphatic rings. The second-order valence-corrected chi connectivity index (χ2v) is 18.7. The van der Waals surface area contributed by atoms with E-state index < -0.39 is 27.3 Å². The third-order valence-corrected chi connectivity index (χ3v) is 15.4. The van der Waals surface area contributed by atoms with Gasteiger partial charge in [-0.2, -0.15) is 0 Å². The third-order valence-electron chi connectivity index (χ3n) is 14.8. The van der Waals surface area contributed by atoms with Crippen LogP contribution < -0.4 is 4.72 Å². The van der Waals surface area contributed by atoms with Crippen molar-refractivity contribution in [2.24, 2.45) is 56.7 Å². The summed E-state index contributed by atoms with van der Waals surface area (Å²) in [6, 6.07) is 7.37. The number of carbonyl (C=O) groups is 2. The molecule has 6 nitrogen and oxygen atoms in total. The SMILES string of the molecule is C=C(C)C1CCC2(C(=O)O)CCC3(C)C(CCC4C5(C)CC=C(c6ccc(C(=O)NS(C)(=O)=O)cc6)C(C)(C)C5CCC43C)C12. The Labute approximate surface area is 270 Å². The van der Waals surface area contributed by atoms with Crippen LogP contribution in [0.3, 0.4) is 0 Å². The average Bonchev–Trinajstić information content (AvgIpc) is 3.34. The Hall–Kier alpha value is -2.41. The van der Waals surface area contributed by atoms with E-state index in [1.165, 1.54) is 11.1 Å². The number of aliphatic carboxylic acids is 1. The second kappa shape index (κ2) is 10.3. The smallest absolute Gasteiger partial charge is 0.309 e. The molecule has 5 aliphatic carbocycles. The van der Waals surface area contributed by atoms with E-state index >= 15 is 0 Å². The topological polar surface area (TPSA) is 101 Å². The Morgan fingerprint density at radius 2 is 1.56 bits per heavy atom. The molecule has 0 saturated heterocycles. The van der Waals surface area contributed by atoms with Crippen molar-refractivity contribution in [2.75, 3.05) is 6.26 Å². The highest BCUT2D eigenvalue weighted by Crippen LogP contribution is 2.77. The van der Waals surface area contributed by atoms with Gasteiger partial charge >= 0.3 is 5.97 Å². The Balaban J connectivity index is 1.32. The highest BCUT2D eigenvalue weighted by atomic mass is 32.2. The minimum atomic E-state index is -3.63. The van der Waals surface area contributed by atoms with Crippen molar-refractivity contribution in [2.45, 2.75) is 99.3 Å². The summed E-state index contributed by atoms with van der Waals surface area (Å²) in [5.41, 5.74) is 3.60. The van der Waals surface area contributed by atoms with E-state index in [1.807, 2.05) is 12.1 Å². The van der Waals surface area contributed by atoms with E-state index in [2.05, 4.69) is 58.9 Å². The first kappa shape index (κ1) is 32.5. The molecule has 6 rings (SSSR count). The number of sulfonamides is 1. The zero-order valence-corrected chi connectivity index (χ0v) is 29.1. The summed E-state index contributed by atoms with van der Waals surface area (Å²) >= 11 is 0. The van der Waals surface area contributed by atoms with Gasteiger partial charge in [-0.1, -0.05) is 65.0 Å². The standard InChI is InChI=1S/C38H53NO5S/c1-23(2)26-15-20-38(33(41)42)22-21-36(6)28(31(26)38)13-14-30-35(5)18-16-27(34(3,4)29(35)17-19-37(30,36)7)24-9-11-25(12-10-24)32(40)39-45(8,43)44/h9-12,16,26,28-31H,1,13-15,17-22H2,2-8H3,(H,39,40)(H,41,42). The van der Waals surface area contributed by atoms with Gasteiger partial charge in [0, 0.05) is 5.56 Å². The van der Waals surface area contributed by atoms with Gasteiger partial charge in [0.1, 0.15) is 0 Å². The molecule has 45 heavy (non-hydrogen) atoms. The molecule has 0 aromatic heterocycles. The van der Waals surface area contributed by atoms with Gasteiger partial charge in [-0.05, 0) is 139 Å². The van der Waals surface area contributed by atoms with E-state index in [9.17, 15) is 23.1 Å². The fraction of sp³-hybridized carbons (Fsp3) is 0.684. The number of carbonyl (C=O) groups excluding carboxylic acids is 1. The molecule has 0 radical (unpaired) electrons. The van der Waals surface area contributed by atoms with Gasteiger partial charge in [-0.3, -0.25) is 9.59 Å². The predicted molar refractivity (Wildman–Crippen MR) is 179 cm³/mol. The monoisotopic (exact) mass is 635 g/mol. The molecule has 246 valence electrons. The predicted octanol–water partition coefficient (Wildman–Crippen LogP) is 8.11. The number of carboxylic acids is 1. The molecule has 0 heterocycles.